The summed E-state index contributed by atoms with van der Waals surface area (Å²) in [5.74, 6) is -1.82. The first kappa shape index (κ1) is 11.8. The van der Waals surface area contributed by atoms with Crippen LogP contribution in [0.25, 0.3) is 0 Å². The third-order valence-corrected chi connectivity index (χ3v) is 5.10. The standard InChI is InChI=1S/C10H12BrF2N3S/c11-8-14-15-9(17-8)16-4-7(5-16)6-1-2-10(12,13)3-6/h6-7H,1-5H2. The van der Waals surface area contributed by atoms with Crippen LogP contribution < -0.4 is 4.90 Å². The van der Waals surface area contributed by atoms with Gasteiger partial charge in [-0.2, -0.15) is 0 Å². The minimum atomic E-state index is -2.42. The maximum Gasteiger partial charge on any atom is 0.248 e. The topological polar surface area (TPSA) is 29.0 Å². The van der Waals surface area contributed by atoms with Crippen molar-refractivity contribution in [1.82, 2.24) is 10.2 Å². The summed E-state index contributed by atoms with van der Waals surface area (Å²) >= 11 is 4.76. The van der Waals surface area contributed by atoms with Gasteiger partial charge in [0.2, 0.25) is 11.1 Å². The number of hydrogen-bond donors (Lipinski definition) is 0. The Balaban J connectivity index is 1.55. The fourth-order valence-electron chi connectivity index (χ4n) is 2.68. The number of aromatic nitrogens is 2. The highest BCUT2D eigenvalue weighted by molar-refractivity contribution is 9.11. The van der Waals surface area contributed by atoms with Crippen molar-refractivity contribution in [2.75, 3.05) is 18.0 Å². The molecule has 0 amide bonds. The predicted molar refractivity (Wildman–Crippen MR) is 65.6 cm³/mol. The lowest BCUT2D eigenvalue weighted by molar-refractivity contribution is 0.00136. The summed E-state index contributed by atoms with van der Waals surface area (Å²) in [5, 5.41) is 8.80. The molecule has 1 aliphatic heterocycles. The second-order valence-electron chi connectivity index (χ2n) is 4.86. The molecule has 0 spiro atoms. The third kappa shape index (κ3) is 2.31. The molecule has 3 rings (SSSR count). The van der Waals surface area contributed by atoms with E-state index in [0.717, 1.165) is 22.1 Å². The van der Waals surface area contributed by atoms with Crippen molar-refractivity contribution in [2.24, 2.45) is 11.8 Å². The van der Waals surface area contributed by atoms with Gasteiger partial charge in [-0.05, 0) is 34.2 Å². The molecule has 2 heterocycles. The Morgan fingerprint density at radius 3 is 2.59 bits per heavy atom. The number of rotatable bonds is 2. The van der Waals surface area contributed by atoms with Gasteiger partial charge in [0.25, 0.3) is 0 Å². The Morgan fingerprint density at radius 1 is 1.29 bits per heavy atom. The van der Waals surface area contributed by atoms with E-state index in [-0.39, 0.29) is 18.8 Å². The van der Waals surface area contributed by atoms with E-state index >= 15 is 0 Å². The summed E-state index contributed by atoms with van der Waals surface area (Å²) in [4.78, 5) is 2.11. The Morgan fingerprint density at radius 2 is 2.06 bits per heavy atom. The van der Waals surface area contributed by atoms with Crippen molar-refractivity contribution in [1.29, 1.82) is 0 Å². The van der Waals surface area contributed by atoms with Gasteiger partial charge in [0.05, 0.1) is 0 Å². The van der Waals surface area contributed by atoms with E-state index in [4.69, 9.17) is 0 Å². The zero-order chi connectivity index (χ0) is 12.0. The highest BCUT2D eigenvalue weighted by Crippen LogP contribution is 2.45. The van der Waals surface area contributed by atoms with Gasteiger partial charge in [-0.1, -0.05) is 11.3 Å². The zero-order valence-electron chi connectivity index (χ0n) is 9.07. The van der Waals surface area contributed by atoms with Crippen LogP contribution in [-0.4, -0.2) is 29.2 Å². The predicted octanol–water partition coefficient (Wildman–Crippen LogP) is 3.17. The van der Waals surface area contributed by atoms with Gasteiger partial charge in [0.1, 0.15) is 0 Å². The molecule has 1 saturated carbocycles. The van der Waals surface area contributed by atoms with E-state index in [9.17, 15) is 8.78 Å². The first-order chi connectivity index (χ1) is 8.03. The van der Waals surface area contributed by atoms with Gasteiger partial charge in [-0.3, -0.25) is 0 Å². The highest BCUT2D eigenvalue weighted by atomic mass is 79.9. The van der Waals surface area contributed by atoms with Crippen molar-refractivity contribution in [3.8, 4) is 0 Å². The summed E-state index contributed by atoms with van der Waals surface area (Å²) in [6.45, 7) is 1.70. The van der Waals surface area contributed by atoms with Gasteiger partial charge in [0, 0.05) is 25.9 Å². The normalized spacial score (nSPS) is 28.4. The Labute approximate surface area is 110 Å². The molecule has 1 saturated heterocycles. The molecular weight excluding hydrogens is 312 g/mol. The molecule has 7 heteroatoms. The van der Waals surface area contributed by atoms with E-state index in [0.29, 0.717) is 12.3 Å². The Bertz CT molecular complexity index is 419. The van der Waals surface area contributed by atoms with Crippen LogP contribution in [0.4, 0.5) is 13.9 Å². The van der Waals surface area contributed by atoms with E-state index in [1.807, 2.05) is 0 Å². The molecule has 0 aromatic carbocycles. The number of halogens is 3. The summed E-state index contributed by atoms with van der Waals surface area (Å²) in [6.07, 6.45) is 0.815. The largest absolute Gasteiger partial charge is 0.346 e. The molecule has 1 aromatic rings. The van der Waals surface area contributed by atoms with Crippen molar-refractivity contribution < 1.29 is 8.78 Å². The van der Waals surface area contributed by atoms with Gasteiger partial charge in [-0.15, -0.1) is 10.2 Å². The van der Waals surface area contributed by atoms with Gasteiger partial charge >= 0.3 is 0 Å². The minimum absolute atomic E-state index is 0.0680. The maximum atomic E-state index is 13.1. The van der Waals surface area contributed by atoms with Crippen LogP contribution in [0.3, 0.4) is 0 Å². The second kappa shape index (κ2) is 4.12. The van der Waals surface area contributed by atoms with E-state index in [1.165, 1.54) is 11.3 Å². The van der Waals surface area contributed by atoms with Crippen LogP contribution in [0.1, 0.15) is 19.3 Å². The molecule has 94 valence electrons. The van der Waals surface area contributed by atoms with Crippen LogP contribution in [-0.2, 0) is 0 Å². The van der Waals surface area contributed by atoms with Crippen LogP contribution in [0.5, 0.6) is 0 Å². The molecule has 2 aliphatic rings. The molecule has 0 N–H and O–H groups in total. The van der Waals surface area contributed by atoms with Crippen LogP contribution in [0, 0.1) is 11.8 Å². The summed E-state index contributed by atoms with van der Waals surface area (Å²) in [5.41, 5.74) is 0. The number of hydrogen-bond acceptors (Lipinski definition) is 4. The molecule has 3 nitrogen and oxygen atoms in total. The quantitative estimate of drug-likeness (QED) is 0.837. The summed E-state index contributed by atoms with van der Waals surface area (Å²) in [6, 6.07) is 0. The Hall–Kier alpha value is -0.300. The molecule has 2 fully saturated rings. The van der Waals surface area contributed by atoms with Crippen LogP contribution in [0.15, 0.2) is 3.92 Å². The maximum absolute atomic E-state index is 13.1. The van der Waals surface area contributed by atoms with E-state index in [2.05, 4.69) is 31.0 Å². The first-order valence-electron chi connectivity index (χ1n) is 5.65. The number of nitrogens with zero attached hydrogens (tertiary/aromatic N) is 3. The summed E-state index contributed by atoms with van der Waals surface area (Å²) in [7, 11) is 0. The Kier molecular flexibility index (Phi) is 2.85. The van der Waals surface area contributed by atoms with E-state index < -0.39 is 5.92 Å². The molecule has 1 atom stereocenters. The smallest absolute Gasteiger partial charge is 0.248 e. The lowest BCUT2D eigenvalue weighted by Gasteiger charge is -2.42. The second-order valence-corrected chi connectivity index (χ2v) is 7.09. The monoisotopic (exact) mass is 323 g/mol. The third-order valence-electron chi connectivity index (χ3n) is 3.68. The fraction of sp³-hybridized carbons (Fsp3) is 0.800. The summed E-state index contributed by atoms with van der Waals surface area (Å²) < 4.78 is 27.0. The van der Waals surface area contributed by atoms with Gasteiger partial charge < -0.3 is 4.90 Å². The first-order valence-corrected chi connectivity index (χ1v) is 7.26. The number of anilines is 1. The molecule has 1 aliphatic carbocycles. The molecule has 17 heavy (non-hydrogen) atoms. The molecule has 0 radical (unpaired) electrons. The van der Waals surface area contributed by atoms with Crippen LogP contribution in [0.2, 0.25) is 0 Å². The molecule has 1 aromatic heterocycles. The number of alkyl halides is 2. The van der Waals surface area contributed by atoms with Crippen molar-refractivity contribution in [3.63, 3.8) is 0 Å². The molecular formula is C10H12BrF2N3S. The van der Waals surface area contributed by atoms with Crippen molar-refractivity contribution in [3.05, 3.63) is 3.92 Å². The highest BCUT2D eigenvalue weighted by Gasteiger charge is 2.45. The van der Waals surface area contributed by atoms with Gasteiger partial charge in [-0.25, -0.2) is 8.78 Å². The average Bonchev–Trinajstić information content (AvgIpc) is 2.71. The minimum Gasteiger partial charge on any atom is -0.346 e. The lowest BCUT2D eigenvalue weighted by Crippen LogP contribution is -2.49. The van der Waals surface area contributed by atoms with Crippen molar-refractivity contribution in [2.45, 2.75) is 25.2 Å². The SMILES string of the molecule is FC1(F)CCC(C2CN(c3nnc(Br)s3)C2)C1. The van der Waals surface area contributed by atoms with Gasteiger partial charge in [0.15, 0.2) is 3.92 Å². The average molecular weight is 324 g/mol. The van der Waals surface area contributed by atoms with E-state index in [1.54, 1.807) is 0 Å². The lowest BCUT2D eigenvalue weighted by atomic mass is 9.85. The molecule has 0 bridgehead atoms. The zero-order valence-corrected chi connectivity index (χ0v) is 11.5. The molecule has 1 unspecified atom stereocenters. The fourth-order valence-corrected chi connectivity index (χ4v) is 3.79. The van der Waals surface area contributed by atoms with Crippen molar-refractivity contribution >= 4 is 32.4 Å². The van der Waals surface area contributed by atoms with Crippen LogP contribution >= 0.6 is 27.3 Å².